The summed E-state index contributed by atoms with van der Waals surface area (Å²) < 4.78 is 5.41. The molecule has 3 aliphatic heterocycles. The topological polar surface area (TPSA) is 66.0 Å². The maximum absolute atomic E-state index is 13.0. The van der Waals surface area contributed by atoms with Crippen molar-refractivity contribution in [3.8, 4) is 0 Å². The molecule has 0 spiro atoms. The van der Waals surface area contributed by atoms with Crippen molar-refractivity contribution < 1.29 is 14.3 Å². The summed E-state index contributed by atoms with van der Waals surface area (Å²) in [5.74, 6) is 0.331. The Morgan fingerprint density at radius 1 is 0.897 bits per heavy atom. The zero-order valence-electron chi connectivity index (χ0n) is 17.2. The van der Waals surface area contributed by atoms with Crippen molar-refractivity contribution in [2.75, 3.05) is 57.4 Å². The van der Waals surface area contributed by atoms with Crippen LogP contribution in [0.5, 0.6) is 0 Å². The van der Waals surface area contributed by atoms with E-state index < -0.39 is 0 Å². The van der Waals surface area contributed by atoms with Gasteiger partial charge in [-0.3, -0.25) is 14.6 Å². The number of morpholine rings is 1. The second kappa shape index (κ2) is 9.57. The lowest BCUT2D eigenvalue weighted by Gasteiger charge is -2.34. The molecule has 1 aromatic heterocycles. The smallest absolute Gasteiger partial charge is 0.272 e. The molecule has 0 aromatic carbocycles. The number of hydrogen-bond donors (Lipinski definition) is 0. The number of carbonyl (C=O) groups excluding carboxylic acids is 2. The van der Waals surface area contributed by atoms with E-state index in [1.807, 2.05) is 17.0 Å². The van der Waals surface area contributed by atoms with E-state index in [0.29, 0.717) is 37.9 Å². The van der Waals surface area contributed by atoms with Gasteiger partial charge in [-0.15, -0.1) is 0 Å². The zero-order chi connectivity index (χ0) is 20.1. The van der Waals surface area contributed by atoms with Crippen LogP contribution in [0.4, 0.5) is 5.69 Å². The molecular weight excluding hydrogens is 368 g/mol. The lowest BCUT2D eigenvalue weighted by molar-refractivity contribution is -0.136. The highest BCUT2D eigenvalue weighted by Crippen LogP contribution is 2.24. The third-order valence-electron chi connectivity index (χ3n) is 6.39. The number of carbonyl (C=O) groups is 2. The van der Waals surface area contributed by atoms with E-state index in [4.69, 9.17) is 4.74 Å². The minimum atomic E-state index is -0.0271. The highest BCUT2D eigenvalue weighted by molar-refractivity contribution is 5.93. The van der Waals surface area contributed by atoms with Crippen LogP contribution in [-0.2, 0) is 9.53 Å². The van der Waals surface area contributed by atoms with Gasteiger partial charge >= 0.3 is 0 Å². The SMILES string of the molecule is O=C(c1cc(N2CCOCC2)ccn1)N1CCC(C(=O)N2CCCCCC2)CC1. The van der Waals surface area contributed by atoms with E-state index in [9.17, 15) is 9.59 Å². The molecule has 0 aliphatic carbocycles. The Morgan fingerprint density at radius 2 is 1.59 bits per heavy atom. The van der Waals surface area contributed by atoms with Gasteiger partial charge in [0, 0.05) is 57.1 Å². The van der Waals surface area contributed by atoms with E-state index in [2.05, 4.69) is 14.8 Å². The monoisotopic (exact) mass is 400 g/mol. The molecule has 29 heavy (non-hydrogen) atoms. The summed E-state index contributed by atoms with van der Waals surface area (Å²) in [5, 5.41) is 0. The molecule has 0 atom stereocenters. The fourth-order valence-electron chi connectivity index (χ4n) is 4.60. The van der Waals surface area contributed by atoms with E-state index in [0.717, 1.165) is 57.5 Å². The van der Waals surface area contributed by atoms with Crippen LogP contribution in [0.25, 0.3) is 0 Å². The molecule has 158 valence electrons. The molecule has 2 amide bonds. The number of likely N-dealkylation sites (tertiary alicyclic amines) is 2. The van der Waals surface area contributed by atoms with Crippen molar-refractivity contribution in [2.45, 2.75) is 38.5 Å². The number of rotatable bonds is 3. The molecule has 3 saturated heterocycles. The molecule has 4 rings (SSSR count). The number of piperidine rings is 1. The molecule has 0 N–H and O–H groups in total. The van der Waals surface area contributed by atoms with Gasteiger partial charge < -0.3 is 19.4 Å². The molecule has 1 aromatic rings. The normalized spacial score (nSPS) is 21.7. The maximum atomic E-state index is 13.0. The standard InChI is InChI=1S/C22H32N4O3/c27-21(25-9-3-1-2-4-10-25)18-6-11-26(12-7-18)22(28)20-17-19(5-8-23-20)24-13-15-29-16-14-24/h5,8,17-18H,1-4,6-7,9-16H2. The Morgan fingerprint density at radius 3 is 2.28 bits per heavy atom. The first kappa shape index (κ1) is 20.1. The summed E-state index contributed by atoms with van der Waals surface area (Å²) in [5.41, 5.74) is 1.52. The van der Waals surface area contributed by atoms with Gasteiger partial charge in [0.05, 0.1) is 13.2 Å². The van der Waals surface area contributed by atoms with Crippen LogP contribution < -0.4 is 4.90 Å². The number of nitrogens with zero attached hydrogens (tertiary/aromatic N) is 4. The summed E-state index contributed by atoms with van der Waals surface area (Å²) in [7, 11) is 0. The maximum Gasteiger partial charge on any atom is 0.272 e. The Labute approximate surface area is 173 Å². The van der Waals surface area contributed by atoms with Crippen LogP contribution in [0.2, 0.25) is 0 Å². The Bertz CT molecular complexity index is 704. The van der Waals surface area contributed by atoms with Gasteiger partial charge in [-0.25, -0.2) is 0 Å². The van der Waals surface area contributed by atoms with Gasteiger partial charge in [-0.2, -0.15) is 0 Å². The van der Waals surface area contributed by atoms with Crippen molar-refractivity contribution in [3.05, 3.63) is 24.0 Å². The van der Waals surface area contributed by atoms with Crippen molar-refractivity contribution >= 4 is 17.5 Å². The van der Waals surface area contributed by atoms with E-state index >= 15 is 0 Å². The predicted molar refractivity (Wildman–Crippen MR) is 111 cm³/mol. The summed E-state index contributed by atoms with van der Waals surface area (Å²) in [6.45, 7) is 6.16. The second-order valence-corrected chi connectivity index (χ2v) is 8.30. The second-order valence-electron chi connectivity index (χ2n) is 8.30. The average molecular weight is 401 g/mol. The van der Waals surface area contributed by atoms with E-state index in [1.54, 1.807) is 6.20 Å². The predicted octanol–water partition coefficient (Wildman–Crippen LogP) is 2.17. The van der Waals surface area contributed by atoms with Crippen LogP contribution in [0, 0.1) is 5.92 Å². The summed E-state index contributed by atoms with van der Waals surface area (Å²) >= 11 is 0. The van der Waals surface area contributed by atoms with E-state index in [1.165, 1.54) is 12.8 Å². The van der Waals surface area contributed by atoms with Gasteiger partial charge in [0.1, 0.15) is 5.69 Å². The lowest BCUT2D eigenvalue weighted by atomic mass is 9.95. The summed E-state index contributed by atoms with van der Waals surface area (Å²) in [6.07, 6.45) is 7.92. The molecular formula is C22H32N4O3. The summed E-state index contributed by atoms with van der Waals surface area (Å²) in [6, 6.07) is 3.84. The van der Waals surface area contributed by atoms with Crippen LogP contribution >= 0.6 is 0 Å². The molecule has 0 bridgehead atoms. The van der Waals surface area contributed by atoms with Gasteiger partial charge in [0.25, 0.3) is 5.91 Å². The largest absolute Gasteiger partial charge is 0.378 e. The fourth-order valence-corrected chi connectivity index (χ4v) is 4.60. The van der Waals surface area contributed by atoms with Crippen molar-refractivity contribution in [3.63, 3.8) is 0 Å². The fraction of sp³-hybridized carbons (Fsp3) is 0.682. The number of ether oxygens (including phenoxy) is 1. The Hall–Kier alpha value is -2.15. The first-order valence-corrected chi connectivity index (χ1v) is 11.1. The molecule has 3 aliphatic rings. The molecule has 0 unspecified atom stereocenters. The number of anilines is 1. The molecule has 4 heterocycles. The number of amides is 2. The molecule has 7 nitrogen and oxygen atoms in total. The third kappa shape index (κ3) is 4.89. The zero-order valence-corrected chi connectivity index (χ0v) is 17.2. The van der Waals surface area contributed by atoms with Crippen molar-refractivity contribution in [1.29, 1.82) is 0 Å². The molecule has 0 saturated carbocycles. The average Bonchev–Trinajstić information content (AvgIpc) is 3.08. The minimum absolute atomic E-state index is 0.0271. The van der Waals surface area contributed by atoms with Crippen LogP contribution in [0.1, 0.15) is 49.0 Å². The number of pyridine rings is 1. The quantitative estimate of drug-likeness (QED) is 0.778. The third-order valence-corrected chi connectivity index (χ3v) is 6.39. The first-order valence-electron chi connectivity index (χ1n) is 11.1. The Kier molecular flexibility index (Phi) is 6.64. The van der Waals surface area contributed by atoms with Gasteiger partial charge in [0.15, 0.2) is 0 Å². The van der Waals surface area contributed by atoms with Gasteiger partial charge in [-0.05, 0) is 37.8 Å². The Balaban J connectivity index is 1.33. The number of aromatic nitrogens is 1. The van der Waals surface area contributed by atoms with E-state index in [-0.39, 0.29) is 11.8 Å². The van der Waals surface area contributed by atoms with Gasteiger partial charge in [0.2, 0.25) is 5.91 Å². The van der Waals surface area contributed by atoms with Crippen LogP contribution in [-0.4, -0.2) is 79.1 Å². The molecule has 0 radical (unpaired) electrons. The number of hydrogen-bond acceptors (Lipinski definition) is 5. The first-order chi connectivity index (χ1) is 14.2. The lowest BCUT2D eigenvalue weighted by Crippen LogP contribution is -2.45. The summed E-state index contributed by atoms with van der Waals surface area (Å²) in [4.78, 5) is 36.3. The van der Waals surface area contributed by atoms with Gasteiger partial charge in [-0.1, -0.05) is 12.8 Å². The van der Waals surface area contributed by atoms with Crippen LogP contribution in [0.3, 0.4) is 0 Å². The minimum Gasteiger partial charge on any atom is -0.378 e. The molecule has 7 heteroatoms. The highest BCUT2D eigenvalue weighted by atomic mass is 16.5. The van der Waals surface area contributed by atoms with Crippen molar-refractivity contribution in [2.24, 2.45) is 5.92 Å². The highest BCUT2D eigenvalue weighted by Gasteiger charge is 2.31. The molecule has 3 fully saturated rings. The van der Waals surface area contributed by atoms with Crippen molar-refractivity contribution in [1.82, 2.24) is 14.8 Å². The van der Waals surface area contributed by atoms with Crippen LogP contribution in [0.15, 0.2) is 18.3 Å².